The Morgan fingerprint density at radius 3 is 2.52 bits per heavy atom. The van der Waals surface area contributed by atoms with E-state index in [4.69, 9.17) is 4.74 Å². The number of pyridine rings is 1. The molecule has 1 aliphatic heterocycles. The first-order chi connectivity index (χ1) is 15.0. The molecule has 31 heavy (non-hydrogen) atoms. The van der Waals surface area contributed by atoms with Crippen LogP contribution in [0.15, 0.2) is 59.6 Å². The fourth-order valence-corrected chi connectivity index (χ4v) is 5.02. The van der Waals surface area contributed by atoms with Crippen LogP contribution in [0, 0.1) is 0 Å². The Morgan fingerprint density at radius 1 is 1.03 bits per heavy atom. The second-order valence-electron chi connectivity index (χ2n) is 7.68. The molecule has 2 heterocycles. The highest BCUT2D eigenvalue weighted by atomic mass is 32.2. The van der Waals surface area contributed by atoms with Gasteiger partial charge in [-0.25, -0.2) is 18.1 Å². The molecule has 0 radical (unpaired) electrons. The van der Waals surface area contributed by atoms with Crippen molar-refractivity contribution in [3.8, 4) is 5.75 Å². The maximum Gasteiger partial charge on any atom is 0.241 e. The number of sulfonamides is 1. The van der Waals surface area contributed by atoms with Gasteiger partial charge in [0.1, 0.15) is 11.6 Å². The number of ether oxygens (including phenoxy) is 1. The summed E-state index contributed by atoms with van der Waals surface area (Å²) in [6.45, 7) is 6.44. The minimum atomic E-state index is -3.71. The molecule has 1 N–H and O–H groups in total. The molecule has 0 amide bonds. The van der Waals surface area contributed by atoms with Crippen LogP contribution < -0.4 is 14.4 Å². The summed E-state index contributed by atoms with van der Waals surface area (Å²) in [6, 6.07) is 14.5. The Kier molecular flexibility index (Phi) is 6.41. The number of anilines is 1. The summed E-state index contributed by atoms with van der Waals surface area (Å²) in [4.78, 5) is 9.25. The lowest BCUT2D eigenvalue weighted by atomic mass is 10.1. The average Bonchev–Trinajstić information content (AvgIpc) is 2.79. The van der Waals surface area contributed by atoms with Gasteiger partial charge in [0, 0.05) is 49.7 Å². The van der Waals surface area contributed by atoms with Gasteiger partial charge in [0.2, 0.25) is 10.0 Å². The first kappa shape index (κ1) is 21.5. The predicted molar refractivity (Wildman–Crippen MR) is 123 cm³/mol. The number of likely N-dealkylation sites (N-methyl/N-ethyl adjacent to an activating group) is 1. The summed E-state index contributed by atoms with van der Waals surface area (Å²) in [5, 5.41) is 1.43. The molecule has 0 atom stereocenters. The van der Waals surface area contributed by atoms with Crippen LogP contribution in [-0.2, 0) is 16.6 Å². The molecule has 0 aliphatic carbocycles. The molecule has 1 saturated heterocycles. The topological polar surface area (TPSA) is 74.8 Å². The van der Waals surface area contributed by atoms with Crippen LogP contribution in [0.25, 0.3) is 10.8 Å². The number of fused-ring (bicyclic) bond motifs is 1. The second kappa shape index (κ2) is 9.21. The lowest BCUT2D eigenvalue weighted by Crippen LogP contribution is -2.44. The number of nitrogens with one attached hydrogen (secondary N) is 1. The molecule has 1 fully saturated rings. The van der Waals surface area contributed by atoms with Gasteiger partial charge in [0.15, 0.2) is 0 Å². The highest BCUT2D eigenvalue weighted by Gasteiger charge is 2.20. The Balaban J connectivity index is 1.54. The van der Waals surface area contributed by atoms with E-state index in [2.05, 4.69) is 26.6 Å². The van der Waals surface area contributed by atoms with Crippen molar-refractivity contribution in [1.29, 1.82) is 0 Å². The van der Waals surface area contributed by atoms with Crippen LogP contribution in [0.1, 0.15) is 12.5 Å². The summed E-state index contributed by atoms with van der Waals surface area (Å²) in [7, 11) is -1.60. The smallest absolute Gasteiger partial charge is 0.241 e. The molecular weight excluding hydrogens is 412 g/mol. The zero-order chi connectivity index (χ0) is 21.8. The van der Waals surface area contributed by atoms with Gasteiger partial charge in [0.05, 0.1) is 11.5 Å². The molecule has 164 valence electrons. The molecule has 0 unspecified atom stereocenters. The minimum Gasteiger partial charge on any atom is -0.493 e. The van der Waals surface area contributed by atoms with E-state index in [1.54, 1.807) is 18.3 Å². The van der Waals surface area contributed by atoms with Gasteiger partial charge >= 0.3 is 0 Å². The van der Waals surface area contributed by atoms with Crippen molar-refractivity contribution in [2.24, 2.45) is 0 Å². The van der Waals surface area contributed by atoms with Gasteiger partial charge in [-0.2, -0.15) is 0 Å². The van der Waals surface area contributed by atoms with E-state index in [1.165, 1.54) is 0 Å². The molecular formula is C23H28N4O3S. The van der Waals surface area contributed by atoms with Gasteiger partial charge in [-0.15, -0.1) is 0 Å². The van der Waals surface area contributed by atoms with Crippen LogP contribution in [-0.4, -0.2) is 58.1 Å². The van der Waals surface area contributed by atoms with E-state index in [0.29, 0.717) is 17.7 Å². The maximum atomic E-state index is 13.1. The monoisotopic (exact) mass is 440 g/mol. The van der Waals surface area contributed by atoms with E-state index in [0.717, 1.165) is 42.9 Å². The Bertz CT molecular complexity index is 1160. The molecule has 0 spiro atoms. The molecule has 7 nitrogen and oxygen atoms in total. The van der Waals surface area contributed by atoms with E-state index in [1.807, 2.05) is 43.3 Å². The van der Waals surface area contributed by atoms with Crippen LogP contribution in [0.5, 0.6) is 5.75 Å². The zero-order valence-corrected chi connectivity index (χ0v) is 18.7. The van der Waals surface area contributed by atoms with E-state index >= 15 is 0 Å². The molecule has 0 bridgehead atoms. The van der Waals surface area contributed by atoms with E-state index in [-0.39, 0.29) is 11.4 Å². The molecule has 1 aliphatic rings. The summed E-state index contributed by atoms with van der Waals surface area (Å²) < 4.78 is 34.7. The summed E-state index contributed by atoms with van der Waals surface area (Å²) in [5.74, 6) is 1.57. The highest BCUT2D eigenvalue weighted by Crippen LogP contribution is 2.31. The number of aromatic nitrogens is 1. The first-order valence-corrected chi connectivity index (χ1v) is 12.0. The zero-order valence-electron chi connectivity index (χ0n) is 17.9. The van der Waals surface area contributed by atoms with Crippen molar-refractivity contribution in [3.05, 3.63) is 60.3 Å². The van der Waals surface area contributed by atoms with Crippen LogP contribution in [0.3, 0.4) is 0 Å². The second-order valence-corrected chi connectivity index (χ2v) is 9.41. The maximum absolute atomic E-state index is 13.1. The van der Waals surface area contributed by atoms with Crippen molar-refractivity contribution < 1.29 is 13.2 Å². The number of nitrogens with zero attached hydrogens (tertiary/aromatic N) is 3. The fraction of sp³-hybridized carbons (Fsp3) is 0.348. The van der Waals surface area contributed by atoms with Gasteiger partial charge in [0.25, 0.3) is 0 Å². The van der Waals surface area contributed by atoms with Gasteiger partial charge in [-0.3, -0.25) is 0 Å². The fourth-order valence-electron chi connectivity index (χ4n) is 3.79. The number of benzene rings is 2. The van der Waals surface area contributed by atoms with Gasteiger partial charge in [-0.1, -0.05) is 24.3 Å². The van der Waals surface area contributed by atoms with Crippen LogP contribution >= 0.6 is 0 Å². The normalized spacial score (nSPS) is 15.4. The molecule has 4 rings (SSSR count). The molecule has 0 saturated carbocycles. The van der Waals surface area contributed by atoms with Crippen molar-refractivity contribution >= 4 is 26.6 Å². The molecule has 3 aromatic rings. The number of piperazine rings is 1. The standard InChI is InChI=1S/C23H28N4O3S/c1-3-30-21-8-9-22(20-7-5-4-6-19(20)21)31(28,29)25-17-18-10-11-24-23(16-18)27-14-12-26(2)13-15-27/h4-11,16,25H,3,12-15,17H2,1-2H3. The number of hydrogen-bond donors (Lipinski definition) is 1. The Labute approximate surface area is 183 Å². The van der Waals surface area contributed by atoms with Crippen molar-refractivity contribution in [2.75, 3.05) is 44.7 Å². The Morgan fingerprint density at radius 2 is 1.77 bits per heavy atom. The first-order valence-electron chi connectivity index (χ1n) is 10.5. The number of hydrogen-bond acceptors (Lipinski definition) is 6. The van der Waals surface area contributed by atoms with Gasteiger partial charge in [-0.05, 0) is 43.8 Å². The summed E-state index contributed by atoms with van der Waals surface area (Å²) in [6.07, 6.45) is 1.74. The van der Waals surface area contributed by atoms with Crippen LogP contribution in [0.2, 0.25) is 0 Å². The van der Waals surface area contributed by atoms with Crippen molar-refractivity contribution in [3.63, 3.8) is 0 Å². The number of rotatable bonds is 7. The van der Waals surface area contributed by atoms with E-state index < -0.39 is 10.0 Å². The summed E-state index contributed by atoms with van der Waals surface area (Å²) >= 11 is 0. The van der Waals surface area contributed by atoms with E-state index in [9.17, 15) is 8.42 Å². The third-order valence-corrected chi connectivity index (χ3v) is 7.00. The molecule has 8 heteroatoms. The van der Waals surface area contributed by atoms with Gasteiger partial charge < -0.3 is 14.5 Å². The third-order valence-electron chi connectivity index (χ3n) is 5.54. The minimum absolute atomic E-state index is 0.202. The van der Waals surface area contributed by atoms with Crippen molar-refractivity contribution in [2.45, 2.75) is 18.4 Å². The third kappa shape index (κ3) is 4.81. The average molecular weight is 441 g/mol. The lowest BCUT2D eigenvalue weighted by molar-refractivity contribution is 0.312. The SMILES string of the molecule is CCOc1ccc(S(=O)(=O)NCc2ccnc(N3CCN(C)CC3)c2)c2ccccc12. The molecule has 2 aromatic carbocycles. The Hall–Kier alpha value is -2.68. The predicted octanol–water partition coefficient (Wildman–Crippen LogP) is 2.86. The largest absolute Gasteiger partial charge is 0.493 e. The van der Waals surface area contributed by atoms with Crippen molar-refractivity contribution in [1.82, 2.24) is 14.6 Å². The lowest BCUT2D eigenvalue weighted by Gasteiger charge is -2.33. The quantitative estimate of drug-likeness (QED) is 0.609. The van der Waals surface area contributed by atoms with Crippen LogP contribution in [0.4, 0.5) is 5.82 Å². The highest BCUT2D eigenvalue weighted by molar-refractivity contribution is 7.89. The molecule has 1 aromatic heterocycles. The summed E-state index contributed by atoms with van der Waals surface area (Å²) in [5.41, 5.74) is 0.878.